The van der Waals surface area contributed by atoms with Crippen molar-refractivity contribution in [3.63, 3.8) is 0 Å². The largest absolute Gasteiger partial charge is 0.508 e. The first-order chi connectivity index (χ1) is 9.45. The molecule has 1 N–H and O–H groups in total. The Balaban J connectivity index is 2.21. The number of benzene rings is 1. The van der Waals surface area contributed by atoms with Crippen molar-refractivity contribution in [1.82, 2.24) is 4.31 Å². The second-order valence-electron chi connectivity index (χ2n) is 4.24. The molecular weight excluding hydrogens is 286 g/mol. The highest BCUT2D eigenvalue weighted by molar-refractivity contribution is 7.89. The van der Waals surface area contributed by atoms with Gasteiger partial charge in [0.05, 0.1) is 25.2 Å². The molecule has 8 heteroatoms. The molecule has 1 aliphatic rings. The van der Waals surface area contributed by atoms with Gasteiger partial charge in [-0.25, -0.2) is 13.2 Å². The van der Waals surface area contributed by atoms with Crippen molar-refractivity contribution in [3.8, 4) is 5.75 Å². The van der Waals surface area contributed by atoms with E-state index in [1.807, 2.05) is 0 Å². The Morgan fingerprint density at radius 1 is 1.40 bits per heavy atom. The maximum absolute atomic E-state index is 12.4. The SMILES string of the molecule is COC(=O)C1CN(S(=O)(=O)c2ccc(O)cc2)CCO1. The highest BCUT2D eigenvalue weighted by Crippen LogP contribution is 2.21. The van der Waals surface area contributed by atoms with Gasteiger partial charge >= 0.3 is 5.97 Å². The van der Waals surface area contributed by atoms with Crippen LogP contribution in [0.3, 0.4) is 0 Å². The van der Waals surface area contributed by atoms with E-state index in [0.29, 0.717) is 0 Å². The number of ether oxygens (including phenoxy) is 2. The smallest absolute Gasteiger partial charge is 0.336 e. The standard InChI is InChI=1S/C12H15NO6S/c1-18-12(15)11-8-13(6-7-19-11)20(16,17)10-4-2-9(14)3-5-10/h2-5,11,14H,6-8H2,1H3. The van der Waals surface area contributed by atoms with E-state index in [2.05, 4.69) is 4.74 Å². The van der Waals surface area contributed by atoms with Crippen LogP contribution in [0.5, 0.6) is 5.75 Å². The molecule has 1 aliphatic heterocycles. The van der Waals surface area contributed by atoms with E-state index in [4.69, 9.17) is 4.74 Å². The number of phenols is 1. The zero-order valence-corrected chi connectivity index (χ0v) is 11.7. The Kier molecular flexibility index (Phi) is 4.26. The van der Waals surface area contributed by atoms with Crippen LogP contribution >= 0.6 is 0 Å². The van der Waals surface area contributed by atoms with Crippen molar-refractivity contribution in [1.29, 1.82) is 0 Å². The van der Waals surface area contributed by atoms with Gasteiger partial charge in [-0.15, -0.1) is 0 Å². The van der Waals surface area contributed by atoms with E-state index in [0.717, 1.165) is 0 Å². The van der Waals surface area contributed by atoms with Crippen molar-refractivity contribution in [2.24, 2.45) is 0 Å². The summed E-state index contributed by atoms with van der Waals surface area (Å²) in [5.74, 6) is -0.617. The molecule has 1 unspecified atom stereocenters. The molecule has 1 aromatic rings. The van der Waals surface area contributed by atoms with Crippen molar-refractivity contribution >= 4 is 16.0 Å². The van der Waals surface area contributed by atoms with E-state index in [1.165, 1.54) is 35.7 Å². The fourth-order valence-electron chi connectivity index (χ4n) is 1.89. The monoisotopic (exact) mass is 301 g/mol. The molecule has 1 aromatic carbocycles. The molecule has 1 fully saturated rings. The molecule has 0 radical (unpaired) electrons. The summed E-state index contributed by atoms with van der Waals surface area (Å²) in [4.78, 5) is 11.5. The average Bonchev–Trinajstić information content (AvgIpc) is 2.47. The molecule has 0 saturated carbocycles. The first-order valence-electron chi connectivity index (χ1n) is 5.94. The summed E-state index contributed by atoms with van der Waals surface area (Å²) in [6.45, 7) is 0.198. The number of rotatable bonds is 3. The van der Waals surface area contributed by atoms with Gasteiger partial charge in [-0.3, -0.25) is 0 Å². The van der Waals surface area contributed by atoms with E-state index in [9.17, 15) is 18.3 Å². The summed E-state index contributed by atoms with van der Waals surface area (Å²) in [6.07, 6.45) is -0.916. The molecule has 0 aromatic heterocycles. The van der Waals surface area contributed by atoms with Gasteiger partial charge in [0.2, 0.25) is 10.0 Å². The van der Waals surface area contributed by atoms with Crippen LogP contribution in [-0.2, 0) is 24.3 Å². The van der Waals surface area contributed by atoms with Crippen LogP contribution in [0.25, 0.3) is 0 Å². The number of phenolic OH excluding ortho intramolecular Hbond substituents is 1. The van der Waals surface area contributed by atoms with Crippen molar-refractivity contribution in [3.05, 3.63) is 24.3 Å². The molecule has 0 amide bonds. The minimum atomic E-state index is -3.72. The van der Waals surface area contributed by atoms with Crippen LogP contribution in [0.1, 0.15) is 0 Å². The number of morpholine rings is 1. The highest BCUT2D eigenvalue weighted by atomic mass is 32.2. The Hall–Kier alpha value is -1.64. The molecule has 0 spiro atoms. The van der Waals surface area contributed by atoms with Gasteiger partial charge in [-0.05, 0) is 24.3 Å². The van der Waals surface area contributed by atoms with Gasteiger partial charge in [0.1, 0.15) is 5.75 Å². The van der Waals surface area contributed by atoms with Gasteiger partial charge in [0.15, 0.2) is 6.10 Å². The van der Waals surface area contributed by atoms with Crippen LogP contribution < -0.4 is 0 Å². The fourth-order valence-corrected chi connectivity index (χ4v) is 3.31. The molecule has 20 heavy (non-hydrogen) atoms. The maximum atomic E-state index is 12.4. The quantitative estimate of drug-likeness (QED) is 0.787. The number of esters is 1. The predicted molar refractivity (Wildman–Crippen MR) is 68.6 cm³/mol. The second-order valence-corrected chi connectivity index (χ2v) is 6.18. The highest BCUT2D eigenvalue weighted by Gasteiger charge is 2.34. The minimum absolute atomic E-state index is 0.0154. The van der Waals surface area contributed by atoms with Crippen molar-refractivity contribution < 1.29 is 27.8 Å². The summed E-state index contributed by atoms with van der Waals surface area (Å²) < 4.78 is 35.7. The molecule has 1 atom stereocenters. The third-order valence-corrected chi connectivity index (χ3v) is 4.85. The summed E-state index contributed by atoms with van der Waals surface area (Å²) >= 11 is 0. The minimum Gasteiger partial charge on any atom is -0.508 e. The summed E-state index contributed by atoms with van der Waals surface area (Å²) in [6, 6.07) is 5.22. The molecular formula is C12H15NO6S. The zero-order valence-electron chi connectivity index (χ0n) is 10.9. The third-order valence-electron chi connectivity index (χ3n) is 2.97. The van der Waals surface area contributed by atoms with Gasteiger partial charge in [-0.1, -0.05) is 0 Å². The third kappa shape index (κ3) is 2.92. The lowest BCUT2D eigenvalue weighted by atomic mass is 10.3. The maximum Gasteiger partial charge on any atom is 0.336 e. The zero-order chi connectivity index (χ0) is 14.8. The predicted octanol–water partition coefficient (Wildman–Crippen LogP) is -0.0453. The van der Waals surface area contributed by atoms with Gasteiger partial charge in [0.25, 0.3) is 0 Å². The molecule has 110 valence electrons. The van der Waals surface area contributed by atoms with Gasteiger partial charge < -0.3 is 14.6 Å². The molecule has 7 nitrogen and oxygen atoms in total. The number of methoxy groups -OCH3 is 1. The van der Waals surface area contributed by atoms with Crippen LogP contribution in [0.2, 0.25) is 0 Å². The lowest BCUT2D eigenvalue weighted by Gasteiger charge is -2.30. The van der Waals surface area contributed by atoms with Crippen molar-refractivity contribution in [2.45, 2.75) is 11.0 Å². The lowest BCUT2D eigenvalue weighted by Crippen LogP contribution is -2.48. The van der Waals surface area contributed by atoms with Crippen LogP contribution in [0.15, 0.2) is 29.2 Å². The Morgan fingerprint density at radius 3 is 2.65 bits per heavy atom. The normalized spacial score (nSPS) is 20.6. The van der Waals surface area contributed by atoms with Crippen molar-refractivity contribution in [2.75, 3.05) is 26.8 Å². The Labute approximate surface area is 116 Å². The van der Waals surface area contributed by atoms with E-state index < -0.39 is 22.1 Å². The topological polar surface area (TPSA) is 93.1 Å². The van der Waals surface area contributed by atoms with E-state index >= 15 is 0 Å². The average molecular weight is 301 g/mol. The van der Waals surface area contributed by atoms with Gasteiger partial charge in [-0.2, -0.15) is 4.31 Å². The summed E-state index contributed by atoms with van der Waals surface area (Å²) in [5, 5.41) is 9.19. The van der Waals surface area contributed by atoms with Crippen LogP contribution in [-0.4, -0.2) is 56.7 Å². The molecule has 1 heterocycles. The molecule has 0 bridgehead atoms. The van der Waals surface area contributed by atoms with E-state index in [1.54, 1.807) is 0 Å². The Morgan fingerprint density at radius 2 is 2.05 bits per heavy atom. The number of nitrogens with zero attached hydrogens (tertiary/aromatic N) is 1. The van der Waals surface area contributed by atoms with E-state index in [-0.39, 0.29) is 30.3 Å². The first-order valence-corrected chi connectivity index (χ1v) is 7.38. The Bertz CT molecular complexity index is 582. The van der Waals surface area contributed by atoms with Crippen LogP contribution in [0.4, 0.5) is 0 Å². The second kappa shape index (κ2) is 5.78. The first kappa shape index (κ1) is 14.8. The number of carbonyl (C=O) groups is 1. The number of carbonyl (C=O) groups excluding carboxylic acids is 1. The van der Waals surface area contributed by atoms with Gasteiger partial charge in [0, 0.05) is 6.54 Å². The summed E-state index contributed by atoms with van der Waals surface area (Å²) in [7, 11) is -2.50. The number of hydrogen-bond donors (Lipinski definition) is 1. The fraction of sp³-hybridized carbons (Fsp3) is 0.417. The molecule has 1 saturated heterocycles. The summed E-state index contributed by atoms with van der Waals surface area (Å²) in [5.41, 5.74) is 0. The number of aromatic hydroxyl groups is 1. The molecule has 2 rings (SSSR count). The molecule has 0 aliphatic carbocycles. The number of hydrogen-bond acceptors (Lipinski definition) is 6. The number of sulfonamides is 1. The lowest BCUT2D eigenvalue weighted by molar-refractivity contribution is -0.157. The van der Waals surface area contributed by atoms with Crippen LogP contribution in [0, 0.1) is 0 Å².